The summed E-state index contributed by atoms with van der Waals surface area (Å²) >= 11 is 4.74. The summed E-state index contributed by atoms with van der Waals surface area (Å²) < 4.78 is 37.3. The van der Waals surface area contributed by atoms with Crippen molar-refractivity contribution in [2.24, 2.45) is 5.73 Å². The molecule has 0 aromatic carbocycles. The zero-order chi connectivity index (χ0) is 12.5. The van der Waals surface area contributed by atoms with E-state index in [1.165, 1.54) is 11.0 Å². The highest BCUT2D eigenvalue weighted by atomic mass is 32.1. The lowest BCUT2D eigenvalue weighted by atomic mass is 10.2. The van der Waals surface area contributed by atoms with Crippen LogP contribution in [0.1, 0.15) is 11.3 Å². The van der Waals surface area contributed by atoms with Crippen molar-refractivity contribution in [2.75, 3.05) is 19.0 Å². The average Bonchev–Trinajstić information content (AvgIpc) is 2.15. The Morgan fingerprint density at radius 2 is 1.94 bits per heavy atom. The molecule has 1 aromatic rings. The van der Waals surface area contributed by atoms with Crippen LogP contribution in [0.2, 0.25) is 0 Å². The molecule has 1 rings (SSSR count). The maximum Gasteiger partial charge on any atom is 0.433 e. The summed E-state index contributed by atoms with van der Waals surface area (Å²) in [5.74, 6) is 0.113. The molecule has 1 aromatic heterocycles. The van der Waals surface area contributed by atoms with E-state index in [1.807, 2.05) is 0 Å². The summed E-state index contributed by atoms with van der Waals surface area (Å²) in [6.07, 6.45) is -4.47. The quantitative estimate of drug-likeness (QED) is 0.812. The van der Waals surface area contributed by atoms with Crippen molar-refractivity contribution in [2.45, 2.75) is 6.18 Å². The summed E-state index contributed by atoms with van der Waals surface area (Å²) in [6.45, 7) is 0. The minimum atomic E-state index is -4.47. The van der Waals surface area contributed by atoms with Crippen molar-refractivity contribution in [1.29, 1.82) is 0 Å². The van der Waals surface area contributed by atoms with Crippen molar-refractivity contribution >= 4 is 23.0 Å². The van der Waals surface area contributed by atoms with E-state index >= 15 is 0 Å². The number of nitrogens with zero attached hydrogens (tertiary/aromatic N) is 2. The molecule has 7 heteroatoms. The Hall–Kier alpha value is -1.37. The van der Waals surface area contributed by atoms with Gasteiger partial charge in [-0.25, -0.2) is 4.98 Å². The molecule has 0 atom stereocenters. The van der Waals surface area contributed by atoms with Crippen molar-refractivity contribution in [3.63, 3.8) is 0 Å². The highest BCUT2D eigenvalue weighted by molar-refractivity contribution is 7.80. The van der Waals surface area contributed by atoms with Crippen molar-refractivity contribution in [1.82, 2.24) is 4.98 Å². The Labute approximate surface area is 96.1 Å². The van der Waals surface area contributed by atoms with E-state index in [2.05, 4.69) is 4.98 Å². The summed E-state index contributed by atoms with van der Waals surface area (Å²) in [4.78, 5) is 4.95. The van der Waals surface area contributed by atoms with Gasteiger partial charge >= 0.3 is 6.18 Å². The van der Waals surface area contributed by atoms with Crippen LogP contribution in [0.4, 0.5) is 19.0 Å². The zero-order valence-electron chi connectivity index (χ0n) is 8.67. The average molecular weight is 249 g/mol. The smallest absolute Gasteiger partial charge is 0.389 e. The maximum absolute atomic E-state index is 12.4. The van der Waals surface area contributed by atoms with Gasteiger partial charge in [0.05, 0.1) is 5.56 Å². The van der Waals surface area contributed by atoms with Crippen molar-refractivity contribution in [3.05, 3.63) is 23.4 Å². The molecule has 88 valence electrons. The summed E-state index contributed by atoms with van der Waals surface area (Å²) in [6, 6.07) is 2.09. The molecule has 0 aliphatic carbocycles. The van der Waals surface area contributed by atoms with E-state index in [0.717, 1.165) is 6.07 Å². The van der Waals surface area contributed by atoms with Crippen LogP contribution < -0.4 is 10.6 Å². The number of halogens is 3. The second kappa shape index (κ2) is 4.25. The topological polar surface area (TPSA) is 42.2 Å². The summed E-state index contributed by atoms with van der Waals surface area (Å²) in [7, 11) is 3.15. The molecule has 0 bridgehead atoms. The first kappa shape index (κ1) is 12.7. The summed E-state index contributed by atoms with van der Waals surface area (Å²) in [5.41, 5.74) is 4.76. The van der Waals surface area contributed by atoms with Gasteiger partial charge in [-0.05, 0) is 12.1 Å². The summed E-state index contributed by atoms with van der Waals surface area (Å²) in [5, 5.41) is 0. The standard InChI is InChI=1S/C9H10F3N3S/c1-15(2)8-5(7(13)16)3-4-6(14-8)9(10,11)12/h3-4H,1-2H3,(H2,13,16). The van der Waals surface area contributed by atoms with Gasteiger partial charge in [0.25, 0.3) is 0 Å². The van der Waals surface area contributed by atoms with Crippen molar-refractivity contribution < 1.29 is 13.2 Å². The molecule has 0 spiro atoms. The molecule has 0 aliphatic rings. The predicted octanol–water partition coefficient (Wildman–Crippen LogP) is 1.80. The van der Waals surface area contributed by atoms with Crippen LogP contribution in [-0.4, -0.2) is 24.1 Å². The van der Waals surface area contributed by atoms with Gasteiger partial charge < -0.3 is 10.6 Å². The Morgan fingerprint density at radius 3 is 2.31 bits per heavy atom. The predicted molar refractivity (Wildman–Crippen MR) is 59.5 cm³/mol. The van der Waals surface area contributed by atoms with Gasteiger partial charge in [0.2, 0.25) is 0 Å². The first-order chi connectivity index (χ1) is 7.23. The highest BCUT2D eigenvalue weighted by Crippen LogP contribution is 2.30. The number of nitrogens with two attached hydrogens (primary N) is 1. The first-order valence-corrected chi connectivity index (χ1v) is 4.69. The zero-order valence-corrected chi connectivity index (χ0v) is 9.49. The number of hydrogen-bond donors (Lipinski definition) is 1. The van der Waals surface area contributed by atoms with Crippen LogP contribution in [0, 0.1) is 0 Å². The van der Waals surface area contributed by atoms with Crippen LogP contribution in [0.25, 0.3) is 0 Å². The highest BCUT2D eigenvalue weighted by Gasteiger charge is 2.33. The number of aromatic nitrogens is 1. The molecule has 2 N–H and O–H groups in total. The van der Waals surface area contributed by atoms with E-state index in [0.29, 0.717) is 5.56 Å². The van der Waals surface area contributed by atoms with Gasteiger partial charge in [0.1, 0.15) is 16.5 Å². The number of hydrogen-bond acceptors (Lipinski definition) is 3. The Bertz CT molecular complexity index is 415. The minimum Gasteiger partial charge on any atom is -0.389 e. The van der Waals surface area contributed by atoms with Gasteiger partial charge in [0.15, 0.2) is 0 Å². The lowest BCUT2D eigenvalue weighted by molar-refractivity contribution is -0.141. The van der Waals surface area contributed by atoms with E-state index in [4.69, 9.17) is 18.0 Å². The first-order valence-electron chi connectivity index (χ1n) is 4.29. The van der Waals surface area contributed by atoms with Gasteiger partial charge in [-0.2, -0.15) is 13.2 Å². The van der Waals surface area contributed by atoms with Crippen LogP contribution in [0.5, 0.6) is 0 Å². The van der Waals surface area contributed by atoms with Crippen LogP contribution >= 0.6 is 12.2 Å². The van der Waals surface area contributed by atoms with Gasteiger partial charge in [-0.15, -0.1) is 0 Å². The number of pyridine rings is 1. The van der Waals surface area contributed by atoms with Crippen molar-refractivity contribution in [3.8, 4) is 0 Å². The molecule has 3 nitrogen and oxygen atoms in total. The normalized spacial score (nSPS) is 11.3. The molecule has 0 unspecified atom stereocenters. The Morgan fingerprint density at radius 1 is 1.38 bits per heavy atom. The number of alkyl halides is 3. The number of anilines is 1. The Kier molecular flexibility index (Phi) is 3.37. The van der Waals surface area contributed by atoms with E-state index in [-0.39, 0.29) is 10.8 Å². The minimum absolute atomic E-state index is 0.0184. The second-order valence-corrected chi connectivity index (χ2v) is 3.76. The third-order valence-corrected chi connectivity index (χ3v) is 2.07. The van der Waals surface area contributed by atoms with Crippen LogP contribution in [0.3, 0.4) is 0 Å². The molecule has 0 aliphatic heterocycles. The molecular weight excluding hydrogens is 239 g/mol. The lowest BCUT2D eigenvalue weighted by Crippen LogP contribution is -2.21. The van der Waals surface area contributed by atoms with Gasteiger partial charge in [0, 0.05) is 14.1 Å². The largest absolute Gasteiger partial charge is 0.433 e. The Balaban J connectivity index is 3.34. The fourth-order valence-electron chi connectivity index (χ4n) is 1.14. The molecular formula is C9H10F3N3S. The molecule has 16 heavy (non-hydrogen) atoms. The maximum atomic E-state index is 12.4. The van der Waals surface area contributed by atoms with Gasteiger partial charge in [-0.1, -0.05) is 12.2 Å². The van der Waals surface area contributed by atoms with E-state index in [1.54, 1.807) is 14.1 Å². The van der Waals surface area contributed by atoms with E-state index in [9.17, 15) is 13.2 Å². The third-order valence-electron chi connectivity index (χ3n) is 1.85. The SMILES string of the molecule is CN(C)c1nc(C(F)(F)F)ccc1C(N)=S. The molecule has 0 radical (unpaired) electrons. The molecule has 0 saturated heterocycles. The molecule has 0 saturated carbocycles. The number of thiocarbonyl (C=S) groups is 1. The fraction of sp³-hybridized carbons (Fsp3) is 0.333. The fourth-order valence-corrected chi connectivity index (χ4v) is 1.30. The second-order valence-electron chi connectivity index (χ2n) is 3.32. The van der Waals surface area contributed by atoms with E-state index < -0.39 is 11.9 Å². The lowest BCUT2D eigenvalue weighted by Gasteiger charge is -2.17. The number of rotatable bonds is 2. The van der Waals surface area contributed by atoms with Crippen LogP contribution in [0.15, 0.2) is 12.1 Å². The van der Waals surface area contributed by atoms with Crippen LogP contribution in [-0.2, 0) is 6.18 Å². The molecule has 0 amide bonds. The monoisotopic (exact) mass is 249 g/mol. The van der Waals surface area contributed by atoms with Gasteiger partial charge in [-0.3, -0.25) is 0 Å². The third kappa shape index (κ3) is 2.60. The molecule has 0 fully saturated rings. The molecule has 1 heterocycles.